The number of nitrogens with zero attached hydrogens (tertiary/aromatic N) is 2. The quantitative estimate of drug-likeness (QED) is 0.839. The lowest BCUT2D eigenvalue weighted by Gasteiger charge is -2.05. The first-order valence-corrected chi connectivity index (χ1v) is 5.01. The molecule has 1 aromatic carbocycles. The maximum Gasteiger partial charge on any atom is 0.212 e. The molecule has 1 aromatic heterocycles. The Kier molecular flexibility index (Phi) is 2.56. The van der Waals surface area contributed by atoms with Crippen molar-refractivity contribution in [1.29, 1.82) is 0 Å². The van der Waals surface area contributed by atoms with E-state index in [0.717, 1.165) is 22.6 Å². The Morgan fingerprint density at radius 2 is 2.00 bits per heavy atom. The number of benzene rings is 1. The van der Waals surface area contributed by atoms with Gasteiger partial charge in [-0.25, -0.2) is 4.68 Å². The van der Waals surface area contributed by atoms with Crippen LogP contribution in [0.1, 0.15) is 5.56 Å². The number of aromatic hydroxyl groups is 1. The van der Waals surface area contributed by atoms with Gasteiger partial charge in [0.15, 0.2) is 0 Å². The molecular formula is C12H14N2O2. The summed E-state index contributed by atoms with van der Waals surface area (Å²) >= 11 is 0. The van der Waals surface area contributed by atoms with Gasteiger partial charge in [-0.15, -0.1) is 0 Å². The van der Waals surface area contributed by atoms with Crippen LogP contribution >= 0.6 is 0 Å². The van der Waals surface area contributed by atoms with Gasteiger partial charge in [0.2, 0.25) is 5.88 Å². The largest absolute Gasteiger partial charge is 0.496 e. The molecular weight excluding hydrogens is 204 g/mol. The van der Waals surface area contributed by atoms with Crippen LogP contribution in [-0.4, -0.2) is 22.0 Å². The third kappa shape index (κ3) is 1.52. The zero-order valence-corrected chi connectivity index (χ0v) is 9.56. The molecule has 0 fully saturated rings. The Balaban J connectivity index is 2.63. The van der Waals surface area contributed by atoms with Gasteiger partial charge in [0.05, 0.1) is 7.11 Å². The lowest BCUT2D eigenvalue weighted by atomic mass is 10.1. The average Bonchev–Trinajstić information content (AvgIpc) is 2.57. The fourth-order valence-corrected chi connectivity index (χ4v) is 1.72. The third-order valence-corrected chi connectivity index (χ3v) is 2.61. The van der Waals surface area contributed by atoms with Gasteiger partial charge < -0.3 is 9.84 Å². The van der Waals surface area contributed by atoms with Gasteiger partial charge in [-0.3, -0.25) is 0 Å². The van der Waals surface area contributed by atoms with E-state index in [2.05, 4.69) is 5.10 Å². The van der Waals surface area contributed by atoms with Gasteiger partial charge in [-0.1, -0.05) is 12.1 Å². The second-order valence-electron chi connectivity index (χ2n) is 3.62. The van der Waals surface area contributed by atoms with Crippen molar-refractivity contribution in [2.24, 2.45) is 7.05 Å². The average molecular weight is 218 g/mol. The molecule has 4 heteroatoms. The summed E-state index contributed by atoms with van der Waals surface area (Å²) in [5, 5.41) is 14.0. The van der Waals surface area contributed by atoms with Gasteiger partial charge in [0, 0.05) is 18.2 Å². The van der Waals surface area contributed by atoms with Crippen molar-refractivity contribution in [2.75, 3.05) is 7.11 Å². The third-order valence-electron chi connectivity index (χ3n) is 2.61. The van der Waals surface area contributed by atoms with Crippen LogP contribution in [0.25, 0.3) is 11.3 Å². The van der Waals surface area contributed by atoms with Crippen molar-refractivity contribution in [1.82, 2.24) is 9.78 Å². The molecule has 0 aliphatic rings. The highest BCUT2D eigenvalue weighted by Gasteiger charge is 2.15. The van der Waals surface area contributed by atoms with Crippen LogP contribution in [0.4, 0.5) is 0 Å². The molecule has 0 saturated carbocycles. The lowest BCUT2D eigenvalue weighted by Crippen LogP contribution is -1.91. The predicted octanol–water partition coefficient (Wildman–Crippen LogP) is 2.11. The van der Waals surface area contributed by atoms with E-state index >= 15 is 0 Å². The van der Waals surface area contributed by atoms with Crippen molar-refractivity contribution < 1.29 is 9.84 Å². The highest BCUT2D eigenvalue weighted by molar-refractivity contribution is 5.71. The van der Waals surface area contributed by atoms with Gasteiger partial charge in [-0.2, -0.15) is 5.10 Å². The van der Waals surface area contributed by atoms with E-state index in [1.165, 1.54) is 4.68 Å². The summed E-state index contributed by atoms with van der Waals surface area (Å²) in [6.07, 6.45) is 0. The summed E-state index contributed by atoms with van der Waals surface area (Å²) in [4.78, 5) is 0. The molecule has 16 heavy (non-hydrogen) atoms. The number of rotatable bonds is 2. The molecule has 0 aliphatic carbocycles. The van der Waals surface area contributed by atoms with Crippen LogP contribution in [0, 0.1) is 6.92 Å². The normalized spacial score (nSPS) is 10.4. The van der Waals surface area contributed by atoms with E-state index in [-0.39, 0.29) is 5.88 Å². The zero-order valence-electron chi connectivity index (χ0n) is 9.56. The molecule has 0 saturated heterocycles. The van der Waals surface area contributed by atoms with E-state index in [9.17, 15) is 5.11 Å². The van der Waals surface area contributed by atoms with Crippen molar-refractivity contribution in [3.8, 4) is 22.9 Å². The molecule has 0 spiro atoms. The van der Waals surface area contributed by atoms with Crippen molar-refractivity contribution in [3.63, 3.8) is 0 Å². The molecule has 0 aliphatic heterocycles. The first-order valence-electron chi connectivity index (χ1n) is 5.01. The second-order valence-corrected chi connectivity index (χ2v) is 3.62. The van der Waals surface area contributed by atoms with Crippen LogP contribution in [0.2, 0.25) is 0 Å². The second kappa shape index (κ2) is 3.89. The van der Waals surface area contributed by atoms with E-state index in [0.29, 0.717) is 0 Å². The SMILES string of the molecule is COc1ccccc1-c1nn(C)c(O)c1C. The summed E-state index contributed by atoms with van der Waals surface area (Å²) in [5.74, 6) is 0.935. The number of para-hydroxylation sites is 1. The Morgan fingerprint density at radius 3 is 2.56 bits per heavy atom. The number of methoxy groups -OCH3 is 1. The van der Waals surface area contributed by atoms with Crippen LogP contribution in [0.15, 0.2) is 24.3 Å². The number of ether oxygens (including phenoxy) is 1. The van der Waals surface area contributed by atoms with Crippen LogP contribution < -0.4 is 4.74 Å². The minimum atomic E-state index is 0.181. The maximum atomic E-state index is 9.71. The molecule has 0 amide bonds. The van der Waals surface area contributed by atoms with Crippen LogP contribution in [0.3, 0.4) is 0 Å². The number of hydrogen-bond donors (Lipinski definition) is 1. The fourth-order valence-electron chi connectivity index (χ4n) is 1.72. The monoisotopic (exact) mass is 218 g/mol. The molecule has 84 valence electrons. The summed E-state index contributed by atoms with van der Waals surface area (Å²) < 4.78 is 6.73. The zero-order chi connectivity index (χ0) is 11.7. The van der Waals surface area contributed by atoms with Gasteiger partial charge in [0.25, 0.3) is 0 Å². The summed E-state index contributed by atoms with van der Waals surface area (Å²) in [5.41, 5.74) is 2.39. The molecule has 0 bridgehead atoms. The topological polar surface area (TPSA) is 47.3 Å². The lowest BCUT2D eigenvalue weighted by molar-refractivity contribution is 0.415. The van der Waals surface area contributed by atoms with Crippen molar-refractivity contribution in [2.45, 2.75) is 6.92 Å². The first-order chi connectivity index (χ1) is 7.65. The van der Waals surface area contributed by atoms with Gasteiger partial charge in [-0.05, 0) is 19.1 Å². The van der Waals surface area contributed by atoms with Crippen LogP contribution in [0.5, 0.6) is 11.6 Å². The number of aromatic nitrogens is 2. The number of hydrogen-bond acceptors (Lipinski definition) is 3. The molecule has 2 rings (SSSR count). The van der Waals surface area contributed by atoms with Gasteiger partial charge in [0.1, 0.15) is 11.4 Å². The highest BCUT2D eigenvalue weighted by atomic mass is 16.5. The summed E-state index contributed by atoms with van der Waals surface area (Å²) in [6, 6.07) is 7.62. The van der Waals surface area contributed by atoms with E-state index in [1.54, 1.807) is 14.2 Å². The maximum absolute atomic E-state index is 9.71. The molecule has 2 aromatic rings. The minimum Gasteiger partial charge on any atom is -0.496 e. The smallest absolute Gasteiger partial charge is 0.212 e. The van der Waals surface area contributed by atoms with E-state index < -0.39 is 0 Å². The van der Waals surface area contributed by atoms with E-state index in [4.69, 9.17) is 4.74 Å². The Morgan fingerprint density at radius 1 is 1.31 bits per heavy atom. The Bertz CT molecular complexity index is 518. The molecule has 0 atom stereocenters. The van der Waals surface area contributed by atoms with Crippen LogP contribution in [-0.2, 0) is 7.05 Å². The molecule has 1 N–H and O–H groups in total. The summed E-state index contributed by atoms with van der Waals surface area (Å²) in [6.45, 7) is 1.84. The molecule has 1 heterocycles. The van der Waals surface area contributed by atoms with Crippen molar-refractivity contribution in [3.05, 3.63) is 29.8 Å². The first kappa shape index (κ1) is 10.5. The predicted molar refractivity (Wildman–Crippen MR) is 61.6 cm³/mol. The minimum absolute atomic E-state index is 0.181. The molecule has 4 nitrogen and oxygen atoms in total. The van der Waals surface area contributed by atoms with Crippen molar-refractivity contribution >= 4 is 0 Å². The highest BCUT2D eigenvalue weighted by Crippen LogP contribution is 2.33. The fraction of sp³-hybridized carbons (Fsp3) is 0.250. The molecule has 0 radical (unpaired) electrons. The Hall–Kier alpha value is -1.97. The van der Waals surface area contributed by atoms with Gasteiger partial charge >= 0.3 is 0 Å². The molecule has 0 unspecified atom stereocenters. The van der Waals surface area contributed by atoms with E-state index in [1.807, 2.05) is 31.2 Å². The summed E-state index contributed by atoms with van der Waals surface area (Å²) in [7, 11) is 3.33. The standard InChI is InChI=1S/C12H14N2O2/c1-8-11(13-14(2)12(8)15)9-6-4-5-7-10(9)16-3/h4-7,15H,1-3H3. The Labute approximate surface area is 94.1 Å². The number of aryl methyl sites for hydroxylation is 1.